The molecular weight excluding hydrogens is 186 g/mol. The fraction of sp³-hybridized carbons (Fsp3) is 0.333. The molecule has 0 bridgehead atoms. The van der Waals surface area contributed by atoms with E-state index in [1.165, 1.54) is 30.5 Å². The monoisotopic (exact) mass is 199 g/mol. The van der Waals surface area contributed by atoms with E-state index < -0.39 is 0 Å². The van der Waals surface area contributed by atoms with Crippen LogP contribution in [0.2, 0.25) is 0 Å². The SMILES string of the molecule is c1cncc(-n2ncc3c2CCCC3)c1. The van der Waals surface area contributed by atoms with Gasteiger partial charge in [-0.25, -0.2) is 4.68 Å². The van der Waals surface area contributed by atoms with Gasteiger partial charge < -0.3 is 0 Å². The standard InChI is InChI=1S/C12H13N3/c1-2-6-12-10(4-1)8-14-15(12)11-5-3-7-13-9-11/h3,5,7-9H,1-2,4,6H2. The number of hydrogen-bond acceptors (Lipinski definition) is 2. The third-order valence-electron chi connectivity index (χ3n) is 2.96. The van der Waals surface area contributed by atoms with Crippen LogP contribution in [-0.4, -0.2) is 14.8 Å². The molecule has 3 nitrogen and oxygen atoms in total. The Bertz CT molecular complexity index is 459. The van der Waals surface area contributed by atoms with Crippen molar-refractivity contribution in [1.29, 1.82) is 0 Å². The summed E-state index contributed by atoms with van der Waals surface area (Å²) in [5.41, 5.74) is 3.85. The van der Waals surface area contributed by atoms with Crippen LogP contribution < -0.4 is 0 Å². The first kappa shape index (κ1) is 8.65. The van der Waals surface area contributed by atoms with Gasteiger partial charge in [-0.2, -0.15) is 5.10 Å². The number of hydrogen-bond donors (Lipinski definition) is 0. The number of nitrogens with zero attached hydrogens (tertiary/aromatic N) is 3. The van der Waals surface area contributed by atoms with E-state index in [0.717, 1.165) is 12.1 Å². The molecule has 76 valence electrons. The summed E-state index contributed by atoms with van der Waals surface area (Å²) in [4.78, 5) is 4.13. The molecule has 0 aliphatic heterocycles. The average molecular weight is 199 g/mol. The number of aryl methyl sites for hydroxylation is 1. The molecule has 2 heterocycles. The second-order valence-corrected chi connectivity index (χ2v) is 3.95. The summed E-state index contributed by atoms with van der Waals surface area (Å²) in [6.45, 7) is 0. The van der Waals surface area contributed by atoms with Crippen LogP contribution in [0.3, 0.4) is 0 Å². The molecule has 0 amide bonds. The normalized spacial score (nSPS) is 14.9. The van der Waals surface area contributed by atoms with Crippen molar-refractivity contribution >= 4 is 0 Å². The lowest BCUT2D eigenvalue weighted by Crippen LogP contribution is -2.07. The van der Waals surface area contributed by atoms with Gasteiger partial charge in [0, 0.05) is 11.9 Å². The van der Waals surface area contributed by atoms with Crippen molar-refractivity contribution in [2.75, 3.05) is 0 Å². The molecular formula is C12H13N3. The van der Waals surface area contributed by atoms with Crippen LogP contribution in [0, 0.1) is 0 Å². The molecule has 0 saturated heterocycles. The summed E-state index contributed by atoms with van der Waals surface area (Å²) in [6.07, 6.45) is 10.5. The van der Waals surface area contributed by atoms with Gasteiger partial charge in [0.1, 0.15) is 0 Å². The van der Waals surface area contributed by atoms with E-state index in [2.05, 4.69) is 16.1 Å². The first-order chi connectivity index (χ1) is 7.45. The third-order valence-corrected chi connectivity index (χ3v) is 2.96. The molecule has 0 saturated carbocycles. The Morgan fingerprint density at radius 2 is 2.07 bits per heavy atom. The van der Waals surface area contributed by atoms with Crippen LogP contribution >= 0.6 is 0 Å². The van der Waals surface area contributed by atoms with E-state index in [0.29, 0.717) is 0 Å². The van der Waals surface area contributed by atoms with Gasteiger partial charge in [0.2, 0.25) is 0 Å². The summed E-state index contributed by atoms with van der Waals surface area (Å²) in [5.74, 6) is 0. The fourth-order valence-electron chi connectivity index (χ4n) is 2.19. The summed E-state index contributed by atoms with van der Waals surface area (Å²) in [5, 5.41) is 4.44. The predicted octanol–water partition coefficient (Wildman–Crippen LogP) is 2.15. The largest absolute Gasteiger partial charge is 0.262 e. The molecule has 1 aliphatic rings. The van der Waals surface area contributed by atoms with Gasteiger partial charge in [0.25, 0.3) is 0 Å². The van der Waals surface area contributed by atoms with E-state index in [1.807, 2.05) is 23.1 Å². The van der Waals surface area contributed by atoms with E-state index in [1.54, 1.807) is 6.20 Å². The summed E-state index contributed by atoms with van der Waals surface area (Å²) in [7, 11) is 0. The van der Waals surface area contributed by atoms with Crippen molar-refractivity contribution in [2.45, 2.75) is 25.7 Å². The highest BCUT2D eigenvalue weighted by molar-refractivity contribution is 5.33. The van der Waals surface area contributed by atoms with Gasteiger partial charge in [0.05, 0.1) is 18.1 Å². The van der Waals surface area contributed by atoms with Crippen LogP contribution in [0.15, 0.2) is 30.7 Å². The molecule has 0 atom stereocenters. The van der Waals surface area contributed by atoms with E-state index >= 15 is 0 Å². The lowest BCUT2D eigenvalue weighted by molar-refractivity contribution is 0.653. The topological polar surface area (TPSA) is 30.7 Å². The summed E-state index contributed by atoms with van der Waals surface area (Å²) in [6, 6.07) is 4.00. The average Bonchev–Trinajstić information content (AvgIpc) is 2.74. The van der Waals surface area contributed by atoms with Crippen LogP contribution in [0.25, 0.3) is 5.69 Å². The Kier molecular flexibility index (Phi) is 2.02. The molecule has 15 heavy (non-hydrogen) atoms. The highest BCUT2D eigenvalue weighted by atomic mass is 15.3. The maximum Gasteiger partial charge on any atom is 0.0832 e. The van der Waals surface area contributed by atoms with Gasteiger partial charge >= 0.3 is 0 Å². The molecule has 3 heteroatoms. The predicted molar refractivity (Wildman–Crippen MR) is 58.0 cm³/mol. The Morgan fingerprint density at radius 1 is 1.13 bits per heavy atom. The minimum absolute atomic E-state index is 1.07. The number of rotatable bonds is 1. The van der Waals surface area contributed by atoms with Gasteiger partial charge in [-0.3, -0.25) is 4.98 Å². The van der Waals surface area contributed by atoms with Gasteiger partial charge in [0.15, 0.2) is 0 Å². The smallest absolute Gasteiger partial charge is 0.0832 e. The Labute approximate surface area is 88.8 Å². The molecule has 0 spiro atoms. The lowest BCUT2D eigenvalue weighted by atomic mass is 9.98. The fourth-order valence-corrected chi connectivity index (χ4v) is 2.19. The second-order valence-electron chi connectivity index (χ2n) is 3.95. The summed E-state index contributed by atoms with van der Waals surface area (Å²) >= 11 is 0. The number of pyridine rings is 1. The number of aromatic nitrogens is 3. The quantitative estimate of drug-likeness (QED) is 0.704. The molecule has 1 aliphatic carbocycles. The molecule has 0 radical (unpaired) electrons. The highest BCUT2D eigenvalue weighted by Crippen LogP contribution is 2.22. The molecule has 0 fully saturated rings. The molecule has 2 aromatic rings. The minimum atomic E-state index is 1.07. The molecule has 2 aromatic heterocycles. The minimum Gasteiger partial charge on any atom is -0.262 e. The highest BCUT2D eigenvalue weighted by Gasteiger charge is 2.15. The maximum absolute atomic E-state index is 4.44. The third kappa shape index (κ3) is 1.44. The number of fused-ring (bicyclic) bond motifs is 1. The summed E-state index contributed by atoms with van der Waals surface area (Å²) < 4.78 is 2.03. The van der Waals surface area contributed by atoms with Gasteiger partial charge in [-0.05, 0) is 43.4 Å². The van der Waals surface area contributed by atoms with Crippen molar-refractivity contribution in [3.8, 4) is 5.69 Å². The zero-order chi connectivity index (χ0) is 10.1. The van der Waals surface area contributed by atoms with E-state index in [9.17, 15) is 0 Å². The van der Waals surface area contributed by atoms with Crippen LogP contribution in [0.1, 0.15) is 24.1 Å². The van der Waals surface area contributed by atoms with E-state index in [-0.39, 0.29) is 0 Å². The van der Waals surface area contributed by atoms with Crippen LogP contribution in [0.5, 0.6) is 0 Å². The molecule has 0 N–H and O–H groups in total. The zero-order valence-corrected chi connectivity index (χ0v) is 8.56. The van der Waals surface area contributed by atoms with Crippen molar-refractivity contribution in [3.63, 3.8) is 0 Å². The Hall–Kier alpha value is -1.64. The van der Waals surface area contributed by atoms with Crippen LogP contribution in [-0.2, 0) is 12.8 Å². The van der Waals surface area contributed by atoms with Gasteiger partial charge in [-0.15, -0.1) is 0 Å². The molecule has 0 unspecified atom stereocenters. The first-order valence-corrected chi connectivity index (χ1v) is 5.41. The van der Waals surface area contributed by atoms with Crippen molar-refractivity contribution < 1.29 is 0 Å². The maximum atomic E-state index is 4.44. The molecule has 0 aromatic carbocycles. The van der Waals surface area contributed by atoms with Crippen molar-refractivity contribution in [1.82, 2.24) is 14.8 Å². The Balaban J connectivity index is 2.09. The van der Waals surface area contributed by atoms with Crippen LogP contribution in [0.4, 0.5) is 0 Å². The molecule has 3 rings (SSSR count). The lowest BCUT2D eigenvalue weighted by Gasteiger charge is -2.13. The second kappa shape index (κ2) is 3.50. The van der Waals surface area contributed by atoms with Crippen molar-refractivity contribution in [2.24, 2.45) is 0 Å². The zero-order valence-electron chi connectivity index (χ0n) is 8.56. The van der Waals surface area contributed by atoms with E-state index in [4.69, 9.17) is 0 Å². The van der Waals surface area contributed by atoms with Gasteiger partial charge in [-0.1, -0.05) is 0 Å². The first-order valence-electron chi connectivity index (χ1n) is 5.41. The van der Waals surface area contributed by atoms with Crippen molar-refractivity contribution in [3.05, 3.63) is 42.0 Å². The Morgan fingerprint density at radius 3 is 2.93 bits per heavy atom.